The molecule has 1 aliphatic heterocycles. The number of carbonyl (C=O) groups is 1. The van der Waals surface area contributed by atoms with Crippen molar-refractivity contribution in [3.8, 4) is 11.3 Å². The van der Waals surface area contributed by atoms with Crippen LogP contribution in [0.2, 0.25) is 5.02 Å². The van der Waals surface area contributed by atoms with Crippen LogP contribution >= 0.6 is 11.6 Å². The van der Waals surface area contributed by atoms with Gasteiger partial charge in [0.05, 0.1) is 11.9 Å². The van der Waals surface area contributed by atoms with Crippen molar-refractivity contribution in [3.05, 3.63) is 58.9 Å². The van der Waals surface area contributed by atoms with Crippen LogP contribution in [-0.4, -0.2) is 40.0 Å². The zero-order chi connectivity index (χ0) is 22.1. The predicted molar refractivity (Wildman–Crippen MR) is 109 cm³/mol. The lowest BCUT2D eigenvalue weighted by molar-refractivity contribution is 0.174. The number of alkyl halides is 1. The van der Waals surface area contributed by atoms with Gasteiger partial charge in [0.15, 0.2) is 17.4 Å². The molecular formula is C21H19ClF2N4O3. The first-order chi connectivity index (χ1) is 14.8. The highest BCUT2D eigenvalue weighted by Gasteiger charge is 2.40. The predicted octanol–water partition coefficient (Wildman–Crippen LogP) is 4.95. The van der Waals surface area contributed by atoms with E-state index in [9.17, 15) is 13.6 Å². The number of cyclic esters (lactones) is 1. The Morgan fingerprint density at radius 3 is 2.74 bits per heavy atom. The van der Waals surface area contributed by atoms with E-state index in [2.05, 4.69) is 15.1 Å². The van der Waals surface area contributed by atoms with Crippen molar-refractivity contribution >= 4 is 23.5 Å². The lowest BCUT2D eigenvalue weighted by atomic mass is 10.0. The molecule has 0 bridgehead atoms. The Morgan fingerprint density at radius 2 is 2.03 bits per heavy atom. The van der Waals surface area contributed by atoms with Crippen LogP contribution in [0.5, 0.6) is 0 Å². The average molecular weight is 449 g/mol. The fourth-order valence-electron chi connectivity index (χ4n) is 3.33. The number of amides is 1. The largest absolute Gasteiger partial charge is 0.447 e. The number of ether oxygens (including phenoxy) is 1. The number of anilines is 1. The van der Waals surface area contributed by atoms with E-state index in [1.54, 1.807) is 18.2 Å². The molecule has 0 N–H and O–H groups in total. The van der Waals surface area contributed by atoms with Crippen LogP contribution in [0.15, 0.2) is 41.1 Å². The third-order valence-electron chi connectivity index (χ3n) is 5.09. The molecule has 3 heterocycles. The van der Waals surface area contributed by atoms with E-state index in [4.69, 9.17) is 20.9 Å². The highest BCUT2D eigenvalue weighted by Crippen LogP contribution is 2.29. The molecule has 1 fully saturated rings. The average Bonchev–Trinajstić information content (AvgIpc) is 3.37. The molecule has 4 rings (SSSR count). The number of rotatable bonds is 6. The summed E-state index contributed by atoms with van der Waals surface area (Å²) in [7, 11) is 0. The van der Waals surface area contributed by atoms with Gasteiger partial charge < -0.3 is 9.26 Å². The molecule has 31 heavy (non-hydrogen) atoms. The van der Waals surface area contributed by atoms with E-state index < -0.39 is 24.1 Å². The third kappa shape index (κ3) is 4.36. The summed E-state index contributed by atoms with van der Waals surface area (Å²) in [5, 5.41) is 4.72. The lowest BCUT2D eigenvalue weighted by Gasteiger charge is -2.22. The summed E-state index contributed by atoms with van der Waals surface area (Å²) < 4.78 is 38.6. The van der Waals surface area contributed by atoms with Crippen molar-refractivity contribution in [2.75, 3.05) is 11.5 Å². The van der Waals surface area contributed by atoms with E-state index in [0.29, 0.717) is 22.9 Å². The van der Waals surface area contributed by atoms with Crippen molar-refractivity contribution in [2.24, 2.45) is 0 Å². The molecule has 1 amide bonds. The normalized spacial score (nSPS) is 18.2. The van der Waals surface area contributed by atoms with Gasteiger partial charge in [-0.25, -0.2) is 28.4 Å². The Bertz CT molecular complexity index is 1090. The first-order valence-corrected chi connectivity index (χ1v) is 10.0. The maximum atomic E-state index is 14.4. The molecule has 0 aliphatic carbocycles. The number of aromatic nitrogens is 3. The molecule has 0 radical (unpaired) electrons. The van der Waals surface area contributed by atoms with Gasteiger partial charge in [-0.05, 0) is 31.2 Å². The van der Waals surface area contributed by atoms with Crippen LogP contribution in [0.25, 0.3) is 11.3 Å². The molecule has 10 heteroatoms. The minimum Gasteiger partial charge on any atom is -0.447 e. The molecule has 1 aliphatic rings. The third-order valence-corrected chi connectivity index (χ3v) is 5.34. The van der Waals surface area contributed by atoms with Gasteiger partial charge in [-0.15, -0.1) is 0 Å². The fourth-order valence-corrected chi connectivity index (χ4v) is 3.45. The summed E-state index contributed by atoms with van der Waals surface area (Å²) in [5.74, 6) is -0.420. The molecule has 0 unspecified atom stereocenters. The minimum atomic E-state index is -1.41. The van der Waals surface area contributed by atoms with E-state index in [1.165, 1.54) is 6.92 Å². The zero-order valence-corrected chi connectivity index (χ0v) is 17.5. The summed E-state index contributed by atoms with van der Waals surface area (Å²) in [6.07, 6.45) is -0.976. The topological polar surface area (TPSA) is 81.4 Å². The monoisotopic (exact) mass is 448 g/mol. The number of halogens is 3. The van der Waals surface area contributed by atoms with Crippen LogP contribution in [0.3, 0.4) is 0 Å². The van der Waals surface area contributed by atoms with Gasteiger partial charge in [-0.2, -0.15) is 0 Å². The van der Waals surface area contributed by atoms with Gasteiger partial charge >= 0.3 is 6.09 Å². The molecular weight excluding hydrogens is 430 g/mol. The van der Waals surface area contributed by atoms with Gasteiger partial charge in [-0.1, -0.05) is 23.7 Å². The molecule has 1 saturated heterocycles. The highest BCUT2D eigenvalue weighted by atomic mass is 35.5. The van der Waals surface area contributed by atoms with Crippen LogP contribution < -0.4 is 4.90 Å². The molecule has 162 valence electrons. The highest BCUT2D eigenvalue weighted by molar-refractivity contribution is 6.30. The van der Waals surface area contributed by atoms with Crippen LogP contribution in [-0.2, 0) is 11.2 Å². The molecule has 3 atom stereocenters. The molecule has 1 aromatic carbocycles. The molecule has 0 spiro atoms. The van der Waals surface area contributed by atoms with Crippen LogP contribution in [0, 0.1) is 5.82 Å². The second kappa shape index (κ2) is 8.58. The van der Waals surface area contributed by atoms with E-state index in [1.807, 2.05) is 19.1 Å². The number of hydrogen-bond donors (Lipinski definition) is 0. The van der Waals surface area contributed by atoms with E-state index in [0.717, 1.165) is 16.7 Å². The van der Waals surface area contributed by atoms with Crippen molar-refractivity contribution in [1.82, 2.24) is 15.1 Å². The van der Waals surface area contributed by atoms with Crippen molar-refractivity contribution in [1.29, 1.82) is 0 Å². The Labute approximate surface area is 182 Å². The van der Waals surface area contributed by atoms with Gasteiger partial charge in [0.2, 0.25) is 0 Å². The molecule has 0 saturated carbocycles. The molecule has 3 aromatic rings. The molecule has 2 aromatic heterocycles. The number of nitrogens with zero attached hydrogens (tertiary/aromatic N) is 4. The second-order valence-corrected chi connectivity index (χ2v) is 7.81. The van der Waals surface area contributed by atoms with Crippen LogP contribution in [0.4, 0.5) is 19.4 Å². The summed E-state index contributed by atoms with van der Waals surface area (Å²) >= 11 is 5.91. The summed E-state index contributed by atoms with van der Waals surface area (Å²) in [4.78, 5) is 21.1. The Morgan fingerprint density at radius 1 is 1.29 bits per heavy atom. The van der Waals surface area contributed by atoms with Crippen molar-refractivity contribution in [3.63, 3.8) is 0 Å². The van der Waals surface area contributed by atoms with Gasteiger partial charge in [0.1, 0.15) is 24.6 Å². The first kappa shape index (κ1) is 21.2. The van der Waals surface area contributed by atoms with E-state index >= 15 is 0 Å². The second-order valence-electron chi connectivity index (χ2n) is 7.38. The number of hydrogen-bond acceptors (Lipinski definition) is 6. The fraction of sp³-hybridized carbons (Fsp3) is 0.333. The maximum Gasteiger partial charge on any atom is 0.416 e. The number of carbonyl (C=O) groups excluding carboxylic acids is 1. The zero-order valence-electron chi connectivity index (χ0n) is 16.8. The van der Waals surface area contributed by atoms with Crippen LogP contribution in [0.1, 0.15) is 31.3 Å². The van der Waals surface area contributed by atoms with E-state index in [-0.39, 0.29) is 24.2 Å². The SMILES string of the molecule is C[C@H](Cc1ncc(F)c(N2C(=O)OC[C@@H]2[C@@H](C)F)n1)c1cc(-c2ccc(Cl)cc2)on1. The lowest BCUT2D eigenvalue weighted by Crippen LogP contribution is -2.40. The Balaban J connectivity index is 1.54. The summed E-state index contributed by atoms with van der Waals surface area (Å²) in [6.45, 7) is 3.01. The molecule has 7 nitrogen and oxygen atoms in total. The summed E-state index contributed by atoms with van der Waals surface area (Å²) in [5.41, 5.74) is 1.49. The standard InChI is InChI=1S/C21H19ClF2N4O3/c1-11(16-8-18(31-27-16)13-3-5-14(22)6-4-13)7-19-25-9-15(24)20(26-19)28-17(12(2)23)10-30-21(28)29/h3-6,8-9,11-12,17H,7,10H2,1-2H3/t11-,12-,17-/m1/s1. The first-order valence-electron chi connectivity index (χ1n) is 9.67. The van der Waals surface area contributed by atoms with Crippen molar-refractivity contribution in [2.45, 2.75) is 38.4 Å². The maximum absolute atomic E-state index is 14.4. The van der Waals surface area contributed by atoms with Crippen molar-refractivity contribution < 1.29 is 22.8 Å². The Kier molecular flexibility index (Phi) is 5.86. The Hall–Kier alpha value is -3.07. The summed E-state index contributed by atoms with van der Waals surface area (Å²) in [6, 6.07) is 8.02. The van der Waals surface area contributed by atoms with Gasteiger partial charge in [0.25, 0.3) is 0 Å². The smallest absolute Gasteiger partial charge is 0.416 e. The minimum absolute atomic E-state index is 0.162. The van der Waals surface area contributed by atoms with Gasteiger partial charge in [0, 0.05) is 29.0 Å². The van der Waals surface area contributed by atoms with Gasteiger partial charge in [-0.3, -0.25) is 0 Å². The number of benzene rings is 1. The quantitative estimate of drug-likeness (QED) is 0.530.